The number of benzene rings is 10. The van der Waals surface area contributed by atoms with Gasteiger partial charge in [-0.3, -0.25) is 15.0 Å². The SMILES string of the molecule is Cc1cc2c3ccc[c-]c3c3ncc(-c4c(C(C)C)cc(-c5ccccc5)cc4C(C)C)n3c2cc1C.Cc1ccc2c(c1)c1ccc[c-]c1c1ncc(-c3c(C(C)C)cc(C(C)C)cc3C(C)C)n21.Cc1cccc(C)c1-c1cnc2c3[c-]cccc3c3cc4c(cc3n12)CC(C)(C)C4.[Ir].[Ir].[Ir]. The van der Waals surface area contributed by atoms with Crippen molar-refractivity contribution in [3.63, 3.8) is 0 Å². The van der Waals surface area contributed by atoms with Gasteiger partial charge >= 0.3 is 0 Å². The second kappa shape index (κ2) is 29.4. The Bertz CT molecular complexity index is 5860. The number of pyridine rings is 3. The number of rotatable bonds is 9. The Morgan fingerprint density at radius 3 is 1.22 bits per heavy atom. The molecule has 17 rings (SSSR count). The Kier molecular flexibility index (Phi) is 21.2. The molecule has 0 bridgehead atoms. The van der Waals surface area contributed by atoms with E-state index < -0.39 is 0 Å². The molecule has 0 N–H and O–H groups in total. The van der Waals surface area contributed by atoms with Crippen LogP contribution in [-0.2, 0) is 73.2 Å². The average molecular weight is 1880 g/mol. The topological polar surface area (TPSA) is 51.9 Å². The summed E-state index contributed by atoms with van der Waals surface area (Å²) < 4.78 is 7.13. The summed E-state index contributed by atoms with van der Waals surface area (Å²) in [5.41, 5.74) is 33.3. The number of nitrogens with zero attached hydrogens (tertiary/aromatic N) is 6. The molecule has 527 valence electrons. The van der Waals surface area contributed by atoms with Crippen LogP contribution in [0.25, 0.3) is 127 Å². The van der Waals surface area contributed by atoms with Crippen molar-refractivity contribution in [2.75, 3.05) is 0 Å². The summed E-state index contributed by atoms with van der Waals surface area (Å²) in [6.07, 6.45) is 8.48. The first kappa shape index (κ1) is 74.5. The monoisotopic (exact) mass is 1880 g/mol. The van der Waals surface area contributed by atoms with Crippen LogP contribution < -0.4 is 0 Å². The molecular weight excluding hydrogens is 1790 g/mol. The van der Waals surface area contributed by atoms with Crippen LogP contribution in [0.5, 0.6) is 0 Å². The summed E-state index contributed by atoms with van der Waals surface area (Å²) in [5.74, 6) is 2.07. The number of hydrogen-bond acceptors (Lipinski definition) is 3. The number of hydrogen-bond donors (Lipinski definition) is 0. The van der Waals surface area contributed by atoms with Crippen LogP contribution in [0, 0.1) is 58.2 Å². The first-order valence-corrected chi connectivity index (χ1v) is 36.2. The minimum absolute atomic E-state index is 0. The largest absolute Gasteiger partial charge is 0.333 e. The van der Waals surface area contributed by atoms with Crippen molar-refractivity contribution < 1.29 is 60.3 Å². The van der Waals surface area contributed by atoms with Crippen molar-refractivity contribution in [2.45, 2.75) is 160 Å². The van der Waals surface area contributed by atoms with Gasteiger partial charge < -0.3 is 13.2 Å². The van der Waals surface area contributed by atoms with E-state index in [-0.39, 0.29) is 60.3 Å². The van der Waals surface area contributed by atoms with Crippen LogP contribution in [0.15, 0.2) is 188 Å². The predicted molar refractivity (Wildman–Crippen MR) is 424 cm³/mol. The van der Waals surface area contributed by atoms with Gasteiger partial charge in [-0.2, -0.15) is 0 Å². The van der Waals surface area contributed by atoms with Crippen molar-refractivity contribution in [2.24, 2.45) is 5.41 Å². The summed E-state index contributed by atoms with van der Waals surface area (Å²) >= 11 is 0. The van der Waals surface area contributed by atoms with Gasteiger partial charge in [0, 0.05) is 112 Å². The summed E-state index contributed by atoms with van der Waals surface area (Å²) in [6, 6.07) is 72.5. The molecule has 1 aliphatic carbocycles. The van der Waals surface area contributed by atoms with Crippen molar-refractivity contribution in [3.05, 3.63) is 273 Å². The molecule has 3 radical (unpaired) electrons. The molecule has 0 amide bonds. The summed E-state index contributed by atoms with van der Waals surface area (Å²) in [4.78, 5) is 14.9. The Balaban J connectivity index is 0.000000144. The number of imidazole rings is 3. The zero-order valence-electron chi connectivity index (χ0n) is 62.4. The molecule has 6 aromatic heterocycles. The van der Waals surface area contributed by atoms with Crippen LogP contribution in [0.3, 0.4) is 0 Å². The summed E-state index contributed by atoms with van der Waals surface area (Å²) in [6.45, 7) is 38.7. The van der Waals surface area contributed by atoms with E-state index >= 15 is 0 Å². The third-order valence-electron chi connectivity index (χ3n) is 21.5. The van der Waals surface area contributed by atoms with Crippen molar-refractivity contribution >= 4 is 82.0 Å². The molecule has 0 saturated heterocycles. The second-order valence-electron chi connectivity index (χ2n) is 30.9. The van der Waals surface area contributed by atoms with E-state index in [0.29, 0.717) is 35.0 Å². The van der Waals surface area contributed by atoms with Gasteiger partial charge in [-0.05, 0) is 189 Å². The van der Waals surface area contributed by atoms with Crippen LogP contribution in [0.1, 0.15) is 179 Å². The number of fused-ring (bicyclic) bond motifs is 19. The van der Waals surface area contributed by atoms with Gasteiger partial charge in [0.2, 0.25) is 0 Å². The Labute approximate surface area is 648 Å². The second-order valence-corrected chi connectivity index (χ2v) is 30.9. The molecule has 0 saturated carbocycles. The van der Waals surface area contributed by atoms with E-state index in [4.69, 9.17) is 15.0 Å². The Morgan fingerprint density at radius 1 is 0.350 bits per heavy atom. The maximum atomic E-state index is 5.04. The minimum atomic E-state index is 0. The van der Waals surface area contributed by atoms with Crippen molar-refractivity contribution in [1.82, 2.24) is 28.2 Å². The van der Waals surface area contributed by atoms with Crippen LogP contribution >= 0.6 is 0 Å². The third kappa shape index (κ3) is 13.2. The molecule has 6 nitrogen and oxygen atoms in total. The summed E-state index contributed by atoms with van der Waals surface area (Å²) in [5, 5.41) is 10.7. The first-order valence-electron chi connectivity index (χ1n) is 36.2. The molecule has 103 heavy (non-hydrogen) atoms. The van der Waals surface area contributed by atoms with Gasteiger partial charge in [-0.25, -0.2) is 0 Å². The maximum Gasteiger partial charge on any atom is 0.0639 e. The fourth-order valence-electron chi connectivity index (χ4n) is 16.3. The quantitative estimate of drug-likeness (QED) is 0.107. The van der Waals surface area contributed by atoms with Gasteiger partial charge in [-0.15, -0.1) is 89.0 Å². The normalized spacial score (nSPS) is 12.7. The molecule has 0 spiro atoms. The van der Waals surface area contributed by atoms with Crippen LogP contribution in [0.4, 0.5) is 0 Å². The van der Waals surface area contributed by atoms with E-state index in [0.717, 1.165) is 51.6 Å². The predicted octanol–water partition coefficient (Wildman–Crippen LogP) is 25.3. The smallest absolute Gasteiger partial charge is 0.0639 e. The molecule has 0 fully saturated rings. The van der Waals surface area contributed by atoms with E-state index in [1.165, 1.54) is 155 Å². The molecule has 10 aromatic carbocycles. The van der Waals surface area contributed by atoms with Crippen molar-refractivity contribution in [3.8, 4) is 44.9 Å². The van der Waals surface area contributed by atoms with E-state index in [1.807, 2.05) is 24.4 Å². The molecule has 0 aliphatic heterocycles. The third-order valence-corrected chi connectivity index (χ3v) is 21.5. The van der Waals surface area contributed by atoms with Crippen LogP contribution in [-0.4, -0.2) is 28.2 Å². The maximum absolute atomic E-state index is 5.04. The van der Waals surface area contributed by atoms with E-state index in [9.17, 15) is 0 Å². The zero-order valence-corrected chi connectivity index (χ0v) is 69.6. The fourth-order valence-corrected chi connectivity index (χ4v) is 16.3. The molecule has 0 unspecified atom stereocenters. The van der Waals surface area contributed by atoms with Gasteiger partial charge in [0.1, 0.15) is 0 Å². The minimum Gasteiger partial charge on any atom is -0.333 e. The van der Waals surface area contributed by atoms with Gasteiger partial charge in [0.15, 0.2) is 0 Å². The standard InChI is InChI=1S/C35H33N2.C31H33N2.C28H25N2.3Ir/c1-21(2)29-18-26(25-12-8-7-9-13-25)19-30(22(3)4)34(29)33-20-36-35-28-15-11-10-14-27(28)31-16-23(5)24(6)17-32(31)37(33)35;1-18(2)22-15-25(19(3)4)30(26(16-22)20(5)6)29-17-32-31-24-11-9-8-10-23(24)27-14-21(7)12-13-28(27)33(29)31;1-17-8-7-9-18(2)26(17)25-16-29-27-22-11-6-5-10-21(22)23-12-19-14-28(3,4)15-20(19)13-24(23)30(25)27;;;/h7-14,16-22H,1-6H3;8-10,12-20H,1-7H3;5-10,12-13,16H,14-15H2,1-4H3;;;/q3*-1;;;. The van der Waals surface area contributed by atoms with Crippen molar-refractivity contribution in [1.29, 1.82) is 0 Å². The fraction of sp³-hybridized carbons (Fsp3) is 0.266. The molecule has 1 aliphatic rings. The molecule has 6 heterocycles. The van der Waals surface area contributed by atoms with E-state index in [2.05, 4.69) is 313 Å². The van der Waals surface area contributed by atoms with Gasteiger partial charge in [0.25, 0.3) is 0 Å². The molecular formula is C94H91Ir3N6-3. The molecule has 0 atom stereocenters. The van der Waals surface area contributed by atoms with Gasteiger partial charge in [0.05, 0.1) is 34.0 Å². The molecule has 16 aromatic rings. The Morgan fingerprint density at radius 2 is 0.757 bits per heavy atom. The van der Waals surface area contributed by atoms with Gasteiger partial charge in [-0.1, -0.05) is 202 Å². The first-order chi connectivity index (χ1) is 48.0. The number of aryl methyl sites for hydroxylation is 5. The number of aromatic nitrogens is 6. The Hall–Kier alpha value is -8.22. The van der Waals surface area contributed by atoms with E-state index in [1.54, 1.807) is 0 Å². The zero-order chi connectivity index (χ0) is 69.9. The average Bonchev–Trinajstić information content (AvgIpc) is 1.63. The summed E-state index contributed by atoms with van der Waals surface area (Å²) in [7, 11) is 0. The molecule has 9 heteroatoms. The van der Waals surface area contributed by atoms with Crippen LogP contribution in [0.2, 0.25) is 0 Å².